The fraction of sp³-hybridized carbons (Fsp3) is 0.286. The summed E-state index contributed by atoms with van der Waals surface area (Å²) in [6.45, 7) is 2.33. The van der Waals surface area contributed by atoms with E-state index in [2.05, 4.69) is 4.98 Å². The molecule has 0 unspecified atom stereocenters. The number of aromatic nitrogens is 1. The number of hydrogen-bond donors (Lipinski definition) is 1. The first-order valence-electron chi connectivity index (χ1n) is 3.39. The average Bonchev–Trinajstić information content (AvgIpc) is 2.07. The Bertz CT molecular complexity index is 291. The lowest BCUT2D eigenvalue weighted by molar-refractivity contribution is 0.327. The molecule has 0 spiro atoms. The molecule has 0 amide bonds. The number of rotatable bonds is 2. The maximum atomic E-state index is 5.78. The summed E-state index contributed by atoms with van der Waals surface area (Å²) in [4.78, 5) is 3.86. The number of pyridine rings is 1. The van der Waals surface area contributed by atoms with Crippen LogP contribution >= 0.6 is 23.2 Å². The lowest BCUT2D eigenvalue weighted by Crippen LogP contribution is -1.97. The minimum atomic E-state index is 0.263. The molecule has 2 N–H and O–H groups in total. The van der Waals surface area contributed by atoms with Crippen LogP contribution in [0.25, 0.3) is 0 Å². The molecule has 0 aromatic carbocycles. The summed E-state index contributed by atoms with van der Waals surface area (Å²) in [6, 6.07) is 0. The van der Waals surface area contributed by atoms with Crippen molar-refractivity contribution in [2.24, 2.45) is 0 Å². The van der Waals surface area contributed by atoms with Crippen LogP contribution in [0.5, 0.6) is 5.88 Å². The third-order valence-corrected chi connectivity index (χ3v) is 2.09. The maximum Gasteiger partial charge on any atom is 0.234 e. The molecule has 0 aliphatic carbocycles. The molecular formula is C7H8Cl2N2O. The molecule has 1 rings (SSSR count). The molecule has 0 atom stereocenters. The van der Waals surface area contributed by atoms with Crippen molar-refractivity contribution in [3.63, 3.8) is 0 Å². The van der Waals surface area contributed by atoms with E-state index in [1.807, 2.05) is 6.92 Å². The molecule has 0 saturated heterocycles. The second-order valence-corrected chi connectivity index (χ2v) is 2.84. The van der Waals surface area contributed by atoms with Gasteiger partial charge in [0.1, 0.15) is 5.02 Å². The number of hydrogen-bond acceptors (Lipinski definition) is 3. The van der Waals surface area contributed by atoms with Gasteiger partial charge in [0.25, 0.3) is 0 Å². The lowest BCUT2D eigenvalue weighted by atomic mass is 10.4. The fourth-order valence-electron chi connectivity index (χ4n) is 0.699. The van der Waals surface area contributed by atoms with Crippen LogP contribution < -0.4 is 10.5 Å². The van der Waals surface area contributed by atoms with Crippen LogP contribution in [0.4, 0.5) is 5.69 Å². The molecule has 1 aromatic heterocycles. The zero-order chi connectivity index (χ0) is 9.14. The minimum Gasteiger partial charge on any atom is -0.477 e. The van der Waals surface area contributed by atoms with Crippen molar-refractivity contribution in [2.75, 3.05) is 12.3 Å². The number of nitrogens with zero attached hydrogens (tertiary/aromatic N) is 1. The third kappa shape index (κ3) is 1.73. The molecule has 0 aliphatic heterocycles. The third-order valence-electron chi connectivity index (χ3n) is 1.24. The topological polar surface area (TPSA) is 48.1 Å². The van der Waals surface area contributed by atoms with E-state index in [1.165, 1.54) is 6.20 Å². The van der Waals surface area contributed by atoms with Crippen molar-refractivity contribution in [1.82, 2.24) is 4.98 Å². The van der Waals surface area contributed by atoms with Gasteiger partial charge in [-0.3, -0.25) is 0 Å². The van der Waals surface area contributed by atoms with Gasteiger partial charge < -0.3 is 10.5 Å². The predicted octanol–water partition coefficient (Wildman–Crippen LogP) is 2.37. The number of anilines is 1. The van der Waals surface area contributed by atoms with E-state index in [0.29, 0.717) is 18.2 Å². The van der Waals surface area contributed by atoms with Gasteiger partial charge >= 0.3 is 0 Å². The Morgan fingerprint density at radius 2 is 2.17 bits per heavy atom. The van der Waals surface area contributed by atoms with Crippen LogP contribution in [0, 0.1) is 0 Å². The first kappa shape index (κ1) is 9.42. The van der Waals surface area contributed by atoms with Gasteiger partial charge in [0.05, 0.1) is 23.5 Å². The molecular weight excluding hydrogens is 199 g/mol. The standard InChI is InChI=1S/C7H8Cl2N2O/c1-2-12-7-6(9)5(8)4(10)3-11-7/h3H,2,10H2,1H3. The van der Waals surface area contributed by atoms with Gasteiger partial charge in [-0.2, -0.15) is 0 Å². The Hall–Kier alpha value is -0.670. The Morgan fingerprint density at radius 3 is 2.75 bits per heavy atom. The number of halogens is 2. The summed E-state index contributed by atoms with van der Waals surface area (Å²) in [5, 5.41) is 0.550. The quantitative estimate of drug-likeness (QED) is 0.809. The molecule has 0 saturated carbocycles. The van der Waals surface area contributed by atoms with Gasteiger partial charge in [0.2, 0.25) is 5.88 Å². The average molecular weight is 207 g/mol. The highest BCUT2D eigenvalue weighted by Gasteiger charge is 2.09. The molecule has 3 nitrogen and oxygen atoms in total. The van der Waals surface area contributed by atoms with E-state index in [1.54, 1.807) is 0 Å². The van der Waals surface area contributed by atoms with Crippen LogP contribution in [-0.4, -0.2) is 11.6 Å². The Kier molecular flexibility index (Phi) is 3.00. The van der Waals surface area contributed by atoms with Gasteiger partial charge in [-0.1, -0.05) is 23.2 Å². The molecule has 0 radical (unpaired) electrons. The van der Waals surface area contributed by atoms with Crippen molar-refractivity contribution in [2.45, 2.75) is 6.92 Å². The highest BCUT2D eigenvalue weighted by molar-refractivity contribution is 6.44. The van der Waals surface area contributed by atoms with Crippen LogP contribution in [0.1, 0.15) is 6.92 Å². The normalized spacial score (nSPS) is 9.92. The second kappa shape index (κ2) is 3.83. The molecule has 1 aromatic rings. The van der Waals surface area contributed by atoms with E-state index in [-0.39, 0.29) is 10.0 Å². The van der Waals surface area contributed by atoms with Gasteiger partial charge in [-0.15, -0.1) is 0 Å². The van der Waals surface area contributed by atoms with Crippen LogP contribution in [0.15, 0.2) is 6.20 Å². The Morgan fingerprint density at radius 1 is 1.50 bits per heavy atom. The first-order valence-corrected chi connectivity index (χ1v) is 4.14. The first-order chi connectivity index (χ1) is 5.66. The number of ether oxygens (including phenoxy) is 1. The molecule has 0 fully saturated rings. The fourth-order valence-corrected chi connectivity index (χ4v) is 1.04. The predicted molar refractivity (Wildman–Crippen MR) is 49.8 cm³/mol. The molecule has 5 heteroatoms. The molecule has 0 bridgehead atoms. The largest absolute Gasteiger partial charge is 0.477 e. The van der Waals surface area contributed by atoms with E-state index in [0.717, 1.165) is 0 Å². The van der Waals surface area contributed by atoms with E-state index < -0.39 is 0 Å². The zero-order valence-electron chi connectivity index (χ0n) is 6.47. The monoisotopic (exact) mass is 206 g/mol. The Balaban J connectivity index is 3.08. The van der Waals surface area contributed by atoms with E-state index >= 15 is 0 Å². The van der Waals surface area contributed by atoms with Crippen LogP contribution in [0.2, 0.25) is 10.0 Å². The van der Waals surface area contributed by atoms with Gasteiger partial charge in [-0.05, 0) is 6.92 Å². The SMILES string of the molecule is CCOc1ncc(N)c(Cl)c1Cl. The summed E-state index contributed by atoms with van der Waals surface area (Å²) >= 11 is 11.5. The highest BCUT2D eigenvalue weighted by Crippen LogP contribution is 2.33. The summed E-state index contributed by atoms with van der Waals surface area (Å²) < 4.78 is 5.09. The highest BCUT2D eigenvalue weighted by atomic mass is 35.5. The molecule has 1 heterocycles. The van der Waals surface area contributed by atoms with Crippen molar-refractivity contribution >= 4 is 28.9 Å². The second-order valence-electron chi connectivity index (χ2n) is 2.08. The number of nitrogen functional groups attached to an aromatic ring is 1. The molecule has 66 valence electrons. The van der Waals surface area contributed by atoms with Crippen LogP contribution in [0.3, 0.4) is 0 Å². The van der Waals surface area contributed by atoms with Gasteiger partial charge in [0.15, 0.2) is 0 Å². The van der Waals surface area contributed by atoms with E-state index in [4.69, 9.17) is 33.7 Å². The summed E-state index contributed by atoms with van der Waals surface area (Å²) in [5.41, 5.74) is 5.80. The van der Waals surface area contributed by atoms with Crippen molar-refractivity contribution < 1.29 is 4.74 Å². The smallest absolute Gasteiger partial charge is 0.234 e. The van der Waals surface area contributed by atoms with E-state index in [9.17, 15) is 0 Å². The van der Waals surface area contributed by atoms with Crippen molar-refractivity contribution in [3.05, 3.63) is 16.2 Å². The molecule has 0 aliphatic rings. The number of nitrogens with two attached hydrogens (primary N) is 1. The summed E-state index contributed by atoms with van der Waals surface area (Å²) in [5.74, 6) is 0.318. The Labute approximate surface area is 80.4 Å². The summed E-state index contributed by atoms with van der Waals surface area (Å²) in [7, 11) is 0. The van der Waals surface area contributed by atoms with Gasteiger partial charge in [-0.25, -0.2) is 4.98 Å². The van der Waals surface area contributed by atoms with Crippen LogP contribution in [-0.2, 0) is 0 Å². The maximum absolute atomic E-state index is 5.78. The summed E-state index contributed by atoms with van der Waals surface area (Å²) in [6.07, 6.45) is 1.42. The lowest BCUT2D eigenvalue weighted by Gasteiger charge is -2.06. The zero-order valence-corrected chi connectivity index (χ0v) is 7.99. The van der Waals surface area contributed by atoms with Crippen molar-refractivity contribution in [3.8, 4) is 5.88 Å². The minimum absolute atomic E-state index is 0.263. The van der Waals surface area contributed by atoms with Gasteiger partial charge in [0, 0.05) is 0 Å². The van der Waals surface area contributed by atoms with Crippen molar-refractivity contribution in [1.29, 1.82) is 0 Å². The molecule has 12 heavy (non-hydrogen) atoms.